The molecule has 0 unspecified atom stereocenters. The van der Waals surface area contributed by atoms with Crippen LogP contribution in [0.25, 0.3) is 5.69 Å². The monoisotopic (exact) mass is 577 g/mol. The zero-order valence-corrected chi connectivity index (χ0v) is 23.7. The van der Waals surface area contributed by atoms with Gasteiger partial charge in [0.2, 0.25) is 5.91 Å². The lowest BCUT2D eigenvalue weighted by atomic mass is 9.96. The van der Waals surface area contributed by atoms with Gasteiger partial charge in [0.25, 0.3) is 0 Å². The summed E-state index contributed by atoms with van der Waals surface area (Å²) in [6.07, 6.45) is -2.55. The number of thiocarbonyl (C=S) groups is 1. The van der Waals surface area contributed by atoms with Crippen LogP contribution in [0.3, 0.4) is 0 Å². The van der Waals surface area contributed by atoms with E-state index in [0.29, 0.717) is 17.3 Å². The largest absolute Gasteiger partial charge is 0.416 e. The summed E-state index contributed by atoms with van der Waals surface area (Å²) in [5.74, 6) is -0.145. The second-order valence-electron chi connectivity index (χ2n) is 10.2. The lowest BCUT2D eigenvalue weighted by Gasteiger charge is -2.28. The molecule has 41 heavy (non-hydrogen) atoms. The molecule has 0 saturated carbocycles. The Balaban J connectivity index is 1.49. The van der Waals surface area contributed by atoms with Gasteiger partial charge in [0.1, 0.15) is 0 Å². The first-order valence-electron chi connectivity index (χ1n) is 13.2. The van der Waals surface area contributed by atoms with E-state index < -0.39 is 11.7 Å². The average molecular weight is 578 g/mol. The van der Waals surface area contributed by atoms with Crippen molar-refractivity contribution in [1.29, 1.82) is 0 Å². The van der Waals surface area contributed by atoms with E-state index in [0.717, 1.165) is 46.0 Å². The van der Waals surface area contributed by atoms with E-state index in [2.05, 4.69) is 15.6 Å². The number of hydrogen-bond acceptors (Lipinski definition) is 3. The number of rotatable bonds is 7. The van der Waals surface area contributed by atoms with E-state index in [-0.39, 0.29) is 24.4 Å². The molecular weight excluding hydrogens is 547 g/mol. The molecule has 1 aliphatic rings. The molecule has 1 saturated heterocycles. The number of aryl methyl sites for hydroxylation is 2. The molecule has 2 N–H and O–H groups in total. The molecule has 6 nitrogen and oxygen atoms in total. The minimum atomic E-state index is -4.45. The zero-order chi connectivity index (χ0) is 29.3. The van der Waals surface area contributed by atoms with Crippen LogP contribution in [-0.2, 0) is 11.0 Å². The number of amides is 1. The van der Waals surface area contributed by atoms with E-state index in [4.69, 9.17) is 12.2 Å². The van der Waals surface area contributed by atoms with Crippen molar-refractivity contribution < 1.29 is 18.0 Å². The minimum Gasteiger partial charge on any atom is -0.352 e. The predicted molar refractivity (Wildman–Crippen MR) is 157 cm³/mol. The maximum atomic E-state index is 13.5. The summed E-state index contributed by atoms with van der Waals surface area (Å²) in [5.41, 5.74) is 4.72. The second-order valence-corrected chi connectivity index (χ2v) is 10.6. The molecule has 2 aromatic carbocycles. The van der Waals surface area contributed by atoms with Gasteiger partial charge < -0.3 is 20.1 Å². The molecule has 0 spiro atoms. The van der Waals surface area contributed by atoms with Crippen molar-refractivity contribution in [2.24, 2.45) is 0 Å². The molecule has 3 heterocycles. The van der Waals surface area contributed by atoms with Crippen LogP contribution < -0.4 is 10.6 Å². The third-order valence-electron chi connectivity index (χ3n) is 7.30. The number of aromatic nitrogens is 2. The lowest BCUT2D eigenvalue weighted by Crippen LogP contribution is -2.32. The highest BCUT2D eigenvalue weighted by atomic mass is 32.1. The molecule has 1 fully saturated rings. The third-order valence-corrected chi connectivity index (χ3v) is 7.65. The number of carbonyl (C=O) groups is 1. The van der Waals surface area contributed by atoms with Gasteiger partial charge in [-0.1, -0.05) is 24.3 Å². The highest BCUT2D eigenvalue weighted by Gasteiger charge is 2.41. The maximum Gasteiger partial charge on any atom is 0.416 e. The first kappa shape index (κ1) is 28.4. The van der Waals surface area contributed by atoms with Gasteiger partial charge in [-0.2, -0.15) is 13.2 Å². The lowest BCUT2D eigenvalue weighted by molar-refractivity contribution is -0.137. The van der Waals surface area contributed by atoms with E-state index in [9.17, 15) is 18.0 Å². The Morgan fingerprint density at radius 1 is 1.02 bits per heavy atom. The predicted octanol–water partition coefficient (Wildman–Crippen LogP) is 6.82. The number of benzene rings is 2. The Hall–Kier alpha value is -4.18. The highest BCUT2D eigenvalue weighted by molar-refractivity contribution is 7.80. The fourth-order valence-electron chi connectivity index (χ4n) is 5.46. The molecule has 2 atom stereocenters. The Kier molecular flexibility index (Phi) is 7.86. The summed E-state index contributed by atoms with van der Waals surface area (Å²) in [7, 11) is 0. The van der Waals surface area contributed by atoms with Crippen LogP contribution in [0, 0.1) is 20.8 Å². The maximum absolute atomic E-state index is 13.5. The summed E-state index contributed by atoms with van der Waals surface area (Å²) in [5, 5.41) is 6.81. The van der Waals surface area contributed by atoms with Crippen molar-refractivity contribution in [3.8, 4) is 5.69 Å². The number of pyridine rings is 1. The zero-order valence-electron chi connectivity index (χ0n) is 22.9. The van der Waals surface area contributed by atoms with Crippen LogP contribution in [-0.4, -0.2) is 32.0 Å². The van der Waals surface area contributed by atoms with Crippen molar-refractivity contribution in [1.82, 2.24) is 19.8 Å². The number of halogens is 3. The van der Waals surface area contributed by atoms with Crippen molar-refractivity contribution >= 4 is 28.9 Å². The second kappa shape index (κ2) is 11.4. The van der Waals surface area contributed by atoms with Crippen LogP contribution in [0.1, 0.15) is 52.3 Å². The number of nitrogens with one attached hydrogen (secondary N) is 2. The van der Waals surface area contributed by atoms with Crippen LogP contribution >= 0.6 is 12.2 Å². The first-order chi connectivity index (χ1) is 19.5. The third kappa shape index (κ3) is 5.97. The first-order valence-corrected chi connectivity index (χ1v) is 13.6. The van der Waals surface area contributed by atoms with Gasteiger partial charge in [0, 0.05) is 41.9 Å². The molecule has 0 aliphatic carbocycles. The van der Waals surface area contributed by atoms with E-state index >= 15 is 0 Å². The molecular formula is C31H30F3N5OS. The molecule has 1 amide bonds. The Labute approximate surface area is 242 Å². The number of nitrogens with zero attached hydrogens (tertiary/aromatic N) is 3. The van der Waals surface area contributed by atoms with Gasteiger partial charge in [0.15, 0.2) is 5.11 Å². The Morgan fingerprint density at radius 3 is 2.51 bits per heavy atom. The van der Waals surface area contributed by atoms with Crippen molar-refractivity contribution in [2.45, 2.75) is 45.5 Å². The summed E-state index contributed by atoms with van der Waals surface area (Å²) in [6.45, 7) is 6.06. The molecule has 0 bridgehead atoms. The number of carbonyl (C=O) groups excluding carboxylic acids is 1. The van der Waals surface area contributed by atoms with Crippen LogP contribution in [0.2, 0.25) is 0 Å². The minimum absolute atomic E-state index is 0.145. The SMILES string of the molecule is Cc1cccc(NC(=O)CCN2C(=S)N[C@H](c3ccccn3)[C@H]2c2cc(C)n(-c3cccc(C(F)(F)F)c3)c2C)c1. The molecule has 5 rings (SSSR count). The van der Waals surface area contributed by atoms with Crippen LogP contribution in [0.5, 0.6) is 0 Å². The summed E-state index contributed by atoms with van der Waals surface area (Å²) in [4.78, 5) is 19.4. The topological polar surface area (TPSA) is 62.2 Å². The normalized spacial score (nSPS) is 17.0. The summed E-state index contributed by atoms with van der Waals surface area (Å²) in [6, 6.07) is 19.9. The van der Waals surface area contributed by atoms with Gasteiger partial charge in [0.05, 0.1) is 23.3 Å². The van der Waals surface area contributed by atoms with E-state index in [1.807, 2.05) is 78.8 Å². The molecule has 212 valence electrons. The molecule has 1 aliphatic heterocycles. The van der Waals surface area contributed by atoms with Gasteiger partial charge in [-0.25, -0.2) is 0 Å². The fourth-order valence-corrected chi connectivity index (χ4v) is 5.79. The average Bonchev–Trinajstić information content (AvgIpc) is 3.41. The van der Waals surface area contributed by atoms with Crippen LogP contribution in [0.15, 0.2) is 79.0 Å². The molecule has 4 aromatic rings. The smallest absolute Gasteiger partial charge is 0.352 e. The Morgan fingerprint density at radius 2 is 1.80 bits per heavy atom. The van der Waals surface area contributed by atoms with Crippen molar-refractivity contribution in [2.75, 3.05) is 11.9 Å². The van der Waals surface area contributed by atoms with Gasteiger partial charge >= 0.3 is 6.18 Å². The van der Waals surface area contributed by atoms with Crippen LogP contribution in [0.4, 0.5) is 18.9 Å². The van der Waals surface area contributed by atoms with Crippen molar-refractivity contribution in [3.05, 3.63) is 113 Å². The highest BCUT2D eigenvalue weighted by Crippen LogP contribution is 2.42. The molecule has 0 radical (unpaired) electrons. The number of anilines is 1. The standard InChI is InChI=1S/C31H30F3N5OS/c1-19-8-6-10-23(16-19)36-27(40)13-15-38-29(28(37-30(38)41)26-12-4-5-14-35-26)25-17-20(2)39(21(25)3)24-11-7-9-22(18-24)31(32,33)34/h4-12,14,16-18,28-29H,13,15H2,1-3H3,(H,36,40)(H,37,41)/t28-,29-/m1/s1. The van der Waals surface area contributed by atoms with Crippen molar-refractivity contribution in [3.63, 3.8) is 0 Å². The molecule has 10 heteroatoms. The summed E-state index contributed by atoms with van der Waals surface area (Å²) >= 11 is 5.75. The fraction of sp³-hybridized carbons (Fsp3) is 0.258. The van der Waals surface area contributed by atoms with Gasteiger partial charge in [-0.3, -0.25) is 9.78 Å². The van der Waals surface area contributed by atoms with E-state index in [1.165, 1.54) is 6.07 Å². The van der Waals surface area contributed by atoms with E-state index in [1.54, 1.807) is 12.3 Å². The Bertz CT molecular complexity index is 1580. The van der Waals surface area contributed by atoms with Gasteiger partial charge in [-0.05, 0) is 92.6 Å². The number of hydrogen-bond donors (Lipinski definition) is 2. The van der Waals surface area contributed by atoms with Gasteiger partial charge in [-0.15, -0.1) is 0 Å². The summed E-state index contributed by atoms with van der Waals surface area (Å²) < 4.78 is 42.3. The quantitative estimate of drug-likeness (QED) is 0.236. The number of alkyl halides is 3. The molecule has 2 aromatic heterocycles.